The lowest BCUT2D eigenvalue weighted by Crippen LogP contribution is -2.48. The summed E-state index contributed by atoms with van der Waals surface area (Å²) < 4.78 is 18.8. The molecule has 2 aromatic carbocycles. The number of para-hydroxylation sites is 1. The highest BCUT2D eigenvalue weighted by molar-refractivity contribution is 5.96. The van der Waals surface area contributed by atoms with E-state index < -0.39 is 0 Å². The molecule has 0 atom stereocenters. The Bertz CT molecular complexity index is 1200. The highest BCUT2D eigenvalue weighted by atomic mass is 19.1. The largest absolute Gasteiger partial charge is 0.495 e. The lowest BCUT2D eigenvalue weighted by atomic mass is 10.1. The second-order valence-corrected chi connectivity index (χ2v) is 8.49. The van der Waals surface area contributed by atoms with Gasteiger partial charge in [0.05, 0.1) is 24.7 Å². The minimum atomic E-state index is -0.332. The number of carbonyl (C=O) groups is 1. The molecule has 0 bridgehead atoms. The number of halogens is 1. The van der Waals surface area contributed by atoms with Gasteiger partial charge in [-0.1, -0.05) is 30.4 Å². The molecule has 0 unspecified atom stereocenters. The fourth-order valence-electron chi connectivity index (χ4n) is 4.54. The lowest BCUT2D eigenvalue weighted by Gasteiger charge is -2.35. The molecule has 0 radical (unpaired) electrons. The Kier molecular flexibility index (Phi) is 6.27. The van der Waals surface area contributed by atoms with Crippen LogP contribution in [0.15, 0.2) is 66.9 Å². The molecule has 5 rings (SSSR count). The number of benzene rings is 2. The first-order chi connectivity index (χ1) is 16.6. The van der Waals surface area contributed by atoms with Gasteiger partial charge >= 0.3 is 0 Å². The second-order valence-electron chi connectivity index (χ2n) is 8.49. The Morgan fingerprint density at radius 1 is 1.03 bits per heavy atom. The number of rotatable bonds is 5. The Labute approximate surface area is 198 Å². The van der Waals surface area contributed by atoms with Gasteiger partial charge in [0.2, 0.25) is 0 Å². The third kappa shape index (κ3) is 4.52. The van der Waals surface area contributed by atoms with Gasteiger partial charge in [-0.2, -0.15) is 0 Å². The maximum atomic E-state index is 13.2. The summed E-state index contributed by atoms with van der Waals surface area (Å²) in [5.74, 6) is 0.349. The number of nitrogens with zero attached hydrogens (tertiary/aromatic N) is 4. The van der Waals surface area contributed by atoms with Crippen molar-refractivity contribution >= 4 is 23.4 Å². The normalized spacial score (nSPS) is 15.8. The second kappa shape index (κ2) is 9.65. The van der Waals surface area contributed by atoms with Crippen molar-refractivity contribution in [2.75, 3.05) is 44.7 Å². The number of methoxy groups -OCH3 is 1. The van der Waals surface area contributed by atoms with Crippen molar-refractivity contribution in [3.8, 4) is 5.75 Å². The molecule has 174 valence electrons. The van der Waals surface area contributed by atoms with E-state index in [0.29, 0.717) is 30.9 Å². The van der Waals surface area contributed by atoms with Gasteiger partial charge in [0, 0.05) is 50.5 Å². The minimum absolute atomic E-state index is 0.00310. The van der Waals surface area contributed by atoms with E-state index in [0.717, 1.165) is 42.3 Å². The average molecular weight is 459 g/mol. The van der Waals surface area contributed by atoms with Gasteiger partial charge in [0.25, 0.3) is 5.91 Å². The van der Waals surface area contributed by atoms with Crippen LogP contribution in [0.5, 0.6) is 5.75 Å². The summed E-state index contributed by atoms with van der Waals surface area (Å²) >= 11 is 0. The molecule has 0 N–H and O–H groups in total. The molecule has 2 aliphatic rings. The Balaban J connectivity index is 1.27. The summed E-state index contributed by atoms with van der Waals surface area (Å²) in [7, 11) is 1.64. The average Bonchev–Trinajstić information content (AvgIpc) is 2.89. The van der Waals surface area contributed by atoms with Crippen LogP contribution >= 0.6 is 0 Å². The van der Waals surface area contributed by atoms with Crippen molar-refractivity contribution in [2.24, 2.45) is 0 Å². The lowest BCUT2D eigenvalue weighted by molar-refractivity contribution is 0.0626. The number of pyridine rings is 1. The Hall–Kier alpha value is -3.71. The molecular weight excluding hydrogens is 431 g/mol. The Morgan fingerprint density at radius 2 is 1.85 bits per heavy atom. The number of aromatic nitrogens is 1. The van der Waals surface area contributed by atoms with E-state index >= 15 is 0 Å². The van der Waals surface area contributed by atoms with Crippen molar-refractivity contribution in [1.82, 2.24) is 14.8 Å². The molecular formula is C27H27FN4O2. The van der Waals surface area contributed by atoms with Crippen LogP contribution in [0.1, 0.15) is 21.6 Å². The third-order valence-electron chi connectivity index (χ3n) is 6.36. The predicted molar refractivity (Wildman–Crippen MR) is 131 cm³/mol. The van der Waals surface area contributed by atoms with Crippen molar-refractivity contribution < 1.29 is 13.9 Å². The molecule has 2 aliphatic heterocycles. The molecule has 3 heterocycles. The van der Waals surface area contributed by atoms with Crippen molar-refractivity contribution in [3.63, 3.8) is 0 Å². The van der Waals surface area contributed by atoms with Crippen LogP contribution in [-0.2, 0) is 6.54 Å². The first kappa shape index (κ1) is 22.1. The molecule has 1 fully saturated rings. The zero-order chi connectivity index (χ0) is 23.5. The van der Waals surface area contributed by atoms with Gasteiger partial charge in [-0.15, -0.1) is 0 Å². The highest BCUT2D eigenvalue weighted by Gasteiger charge is 2.24. The monoisotopic (exact) mass is 458 g/mol. The summed E-state index contributed by atoms with van der Waals surface area (Å²) in [6.45, 7) is 4.15. The summed E-state index contributed by atoms with van der Waals surface area (Å²) in [5, 5.41) is 0. The number of piperazine rings is 1. The first-order valence-electron chi connectivity index (χ1n) is 11.5. The zero-order valence-corrected chi connectivity index (χ0v) is 19.2. The van der Waals surface area contributed by atoms with Crippen LogP contribution in [0.4, 0.5) is 15.8 Å². The molecule has 1 amide bonds. The predicted octanol–water partition coefficient (Wildman–Crippen LogP) is 4.35. The molecule has 0 saturated carbocycles. The zero-order valence-electron chi connectivity index (χ0n) is 19.2. The van der Waals surface area contributed by atoms with Gasteiger partial charge in [-0.05, 0) is 42.0 Å². The number of fused-ring (bicyclic) bond motifs is 1. The number of amides is 1. The number of hydrogen-bond donors (Lipinski definition) is 0. The smallest absolute Gasteiger partial charge is 0.254 e. The maximum Gasteiger partial charge on any atom is 0.254 e. The van der Waals surface area contributed by atoms with E-state index in [9.17, 15) is 9.18 Å². The molecule has 34 heavy (non-hydrogen) atoms. The highest BCUT2D eigenvalue weighted by Crippen LogP contribution is 2.38. The van der Waals surface area contributed by atoms with E-state index in [2.05, 4.69) is 39.1 Å². The number of ether oxygens (including phenoxy) is 1. The quantitative estimate of drug-likeness (QED) is 0.569. The summed E-state index contributed by atoms with van der Waals surface area (Å²) in [6.07, 6.45) is 5.49. The number of carbonyl (C=O) groups excluding carboxylic acids is 1. The third-order valence-corrected chi connectivity index (χ3v) is 6.36. The minimum Gasteiger partial charge on any atom is -0.495 e. The van der Waals surface area contributed by atoms with Crippen LogP contribution in [-0.4, -0.2) is 60.5 Å². The molecule has 0 spiro atoms. The summed E-state index contributed by atoms with van der Waals surface area (Å²) in [5.41, 5.74) is 4.66. The van der Waals surface area contributed by atoms with E-state index in [1.807, 2.05) is 35.2 Å². The summed E-state index contributed by atoms with van der Waals surface area (Å²) in [4.78, 5) is 23.7. The number of hydrogen-bond acceptors (Lipinski definition) is 5. The van der Waals surface area contributed by atoms with Crippen LogP contribution in [0.3, 0.4) is 0 Å². The number of anilines is 2. The van der Waals surface area contributed by atoms with Gasteiger partial charge in [0.15, 0.2) is 0 Å². The van der Waals surface area contributed by atoms with Crippen LogP contribution in [0, 0.1) is 5.82 Å². The van der Waals surface area contributed by atoms with Crippen molar-refractivity contribution in [2.45, 2.75) is 6.54 Å². The maximum absolute atomic E-state index is 13.2. The van der Waals surface area contributed by atoms with Gasteiger partial charge in [0.1, 0.15) is 11.6 Å². The fourth-order valence-corrected chi connectivity index (χ4v) is 4.54. The van der Waals surface area contributed by atoms with Gasteiger partial charge in [-0.25, -0.2) is 4.39 Å². The standard InChI is InChI=1S/C27H27FN4O2/c1-34-26-17-21(8-11-25(26)32-12-4-6-20-5-2-3-7-24(20)32)27(33)31-15-13-30(14-16-31)19-23-10-9-22(28)18-29-23/h2-11,17-18H,12-16,19H2,1H3. The summed E-state index contributed by atoms with van der Waals surface area (Å²) in [6, 6.07) is 17.1. The van der Waals surface area contributed by atoms with Crippen molar-refractivity contribution in [3.05, 3.63) is 89.5 Å². The van der Waals surface area contributed by atoms with Crippen LogP contribution in [0.25, 0.3) is 6.08 Å². The molecule has 3 aromatic rings. The fraction of sp³-hybridized carbons (Fsp3) is 0.259. The SMILES string of the molecule is COc1cc(C(=O)N2CCN(Cc3ccc(F)cn3)CC2)ccc1N1CC=Cc2ccccc21. The molecule has 1 aromatic heterocycles. The van der Waals surface area contributed by atoms with E-state index in [4.69, 9.17) is 4.74 Å². The molecule has 6 nitrogen and oxygen atoms in total. The topological polar surface area (TPSA) is 48.9 Å². The first-order valence-corrected chi connectivity index (χ1v) is 11.5. The van der Waals surface area contributed by atoms with E-state index in [1.54, 1.807) is 13.2 Å². The molecule has 1 saturated heterocycles. The Morgan fingerprint density at radius 3 is 2.62 bits per heavy atom. The van der Waals surface area contributed by atoms with Crippen LogP contribution in [0.2, 0.25) is 0 Å². The van der Waals surface area contributed by atoms with Gasteiger partial charge in [-0.3, -0.25) is 14.7 Å². The van der Waals surface area contributed by atoms with Crippen LogP contribution < -0.4 is 9.64 Å². The van der Waals surface area contributed by atoms with Gasteiger partial charge < -0.3 is 14.5 Å². The molecule has 7 heteroatoms. The van der Waals surface area contributed by atoms with Crippen molar-refractivity contribution in [1.29, 1.82) is 0 Å². The molecule has 0 aliphatic carbocycles. The van der Waals surface area contributed by atoms with E-state index in [1.165, 1.54) is 12.3 Å². The van der Waals surface area contributed by atoms with E-state index in [-0.39, 0.29) is 11.7 Å².